The zero-order valence-corrected chi connectivity index (χ0v) is 41.1. The van der Waals surface area contributed by atoms with E-state index in [0.29, 0.717) is 31.0 Å². The fourth-order valence-corrected chi connectivity index (χ4v) is 11.4. The number of epoxide rings is 1. The number of unbranched alkanes of at least 4 members (excludes halogenated alkanes) is 4. The van der Waals surface area contributed by atoms with Crippen molar-refractivity contribution in [1.82, 2.24) is 15.3 Å². The Kier molecular flexibility index (Phi) is 15.8. The average molecular weight is 942 g/mol. The number of hydrogen-bond donors (Lipinski definition) is 2. The highest BCUT2D eigenvalue weighted by Gasteiger charge is 2.76. The Hall–Kier alpha value is -4.18. The Morgan fingerprint density at radius 3 is 2.29 bits per heavy atom. The van der Waals surface area contributed by atoms with Gasteiger partial charge in [0.15, 0.2) is 11.8 Å². The molecule has 6 fully saturated rings. The van der Waals surface area contributed by atoms with Gasteiger partial charge in [-0.05, 0) is 81.9 Å². The van der Waals surface area contributed by atoms with Crippen LogP contribution in [0.5, 0.6) is 0 Å². The summed E-state index contributed by atoms with van der Waals surface area (Å²) in [5.74, 6) is -2.42. The molecule has 4 heterocycles. The van der Waals surface area contributed by atoms with Gasteiger partial charge in [-0.25, -0.2) is 0 Å². The fraction of sp³-hybridized carbons (Fsp3) is 0.667. The Morgan fingerprint density at radius 1 is 0.926 bits per heavy atom. The lowest BCUT2D eigenvalue weighted by molar-refractivity contribution is -0.225. The molecule has 11 atom stereocenters. The van der Waals surface area contributed by atoms with Crippen molar-refractivity contribution in [2.24, 2.45) is 11.3 Å². The molecule has 4 aliphatic heterocycles. The number of amides is 2. The van der Waals surface area contributed by atoms with E-state index in [4.69, 9.17) is 28.5 Å². The Balaban J connectivity index is 1.10. The van der Waals surface area contributed by atoms with Crippen molar-refractivity contribution in [2.75, 3.05) is 13.7 Å². The van der Waals surface area contributed by atoms with E-state index in [1.54, 1.807) is 32.9 Å². The van der Waals surface area contributed by atoms with Crippen LogP contribution in [0, 0.1) is 11.3 Å². The number of hydroxylamine groups is 2. The van der Waals surface area contributed by atoms with Crippen molar-refractivity contribution in [3.05, 3.63) is 77.4 Å². The number of carbonyl (C=O) groups excluding carboxylic acids is 4. The van der Waals surface area contributed by atoms with Crippen molar-refractivity contribution in [3.63, 3.8) is 0 Å². The molecule has 2 saturated carbocycles. The first kappa shape index (κ1) is 50.2. The van der Waals surface area contributed by atoms with E-state index in [1.165, 1.54) is 4.90 Å². The highest BCUT2D eigenvalue weighted by molar-refractivity contribution is 5.96. The summed E-state index contributed by atoms with van der Waals surface area (Å²) in [6, 6.07) is 14.6. The molecule has 372 valence electrons. The molecule has 6 aliphatic rings. The molecule has 3 unspecified atom stereocenters. The lowest BCUT2D eigenvalue weighted by Crippen LogP contribution is -2.70. The largest absolute Gasteiger partial charge is 0.460 e. The van der Waals surface area contributed by atoms with Crippen LogP contribution in [0.25, 0.3) is 6.08 Å². The molecule has 4 saturated heterocycles. The van der Waals surface area contributed by atoms with Gasteiger partial charge in [-0.3, -0.25) is 24.0 Å². The quantitative estimate of drug-likeness (QED) is 0.0685. The topological polar surface area (TPSA) is 166 Å². The molecule has 0 aromatic heterocycles. The van der Waals surface area contributed by atoms with E-state index in [1.807, 2.05) is 42.5 Å². The Morgan fingerprint density at radius 2 is 1.63 bits per heavy atom. The van der Waals surface area contributed by atoms with Crippen molar-refractivity contribution >= 4 is 29.8 Å². The normalized spacial score (nSPS) is 30.0. The van der Waals surface area contributed by atoms with Crippen LogP contribution in [-0.4, -0.2) is 119 Å². The van der Waals surface area contributed by atoms with Crippen molar-refractivity contribution in [2.45, 2.75) is 204 Å². The van der Waals surface area contributed by atoms with Gasteiger partial charge in [-0.15, -0.1) is 0 Å². The maximum atomic E-state index is 15.9. The summed E-state index contributed by atoms with van der Waals surface area (Å²) in [5, 5.41) is 15.0. The summed E-state index contributed by atoms with van der Waals surface area (Å²) in [4.78, 5) is 66.3. The maximum Gasteiger partial charge on any atom is 0.327 e. The number of benzene rings is 2. The summed E-state index contributed by atoms with van der Waals surface area (Å²) in [6.07, 6.45) is 13.0. The number of rotatable bonds is 22. The summed E-state index contributed by atoms with van der Waals surface area (Å²) in [6.45, 7) is 9.42. The number of esters is 2. The van der Waals surface area contributed by atoms with E-state index in [-0.39, 0.29) is 32.2 Å². The molecule has 0 radical (unpaired) electrons. The number of aliphatic hydroxyl groups is 1. The van der Waals surface area contributed by atoms with Gasteiger partial charge in [0.2, 0.25) is 11.8 Å². The van der Waals surface area contributed by atoms with Gasteiger partial charge < -0.3 is 39.0 Å². The molecule has 2 aromatic rings. The molecular formula is C54H75N3O11. The minimum atomic E-state index is -1.52. The molecular weight excluding hydrogens is 867 g/mol. The van der Waals surface area contributed by atoms with Gasteiger partial charge in [0.05, 0.1) is 31.4 Å². The van der Waals surface area contributed by atoms with E-state index in [9.17, 15) is 19.5 Å². The summed E-state index contributed by atoms with van der Waals surface area (Å²) in [7, 11) is 1.60. The molecule has 14 heteroatoms. The third-order valence-electron chi connectivity index (χ3n) is 14.9. The lowest BCUT2D eigenvalue weighted by atomic mass is 9.62. The minimum Gasteiger partial charge on any atom is -0.460 e. The van der Waals surface area contributed by atoms with Crippen LogP contribution in [0.2, 0.25) is 0 Å². The second-order valence-electron chi connectivity index (χ2n) is 21.2. The Labute approximate surface area is 402 Å². The Bertz CT molecular complexity index is 2080. The van der Waals surface area contributed by atoms with Crippen LogP contribution in [0.3, 0.4) is 0 Å². The molecule has 68 heavy (non-hydrogen) atoms. The van der Waals surface area contributed by atoms with E-state index < -0.39 is 89.7 Å². The second-order valence-corrected chi connectivity index (χ2v) is 21.2. The van der Waals surface area contributed by atoms with Gasteiger partial charge in [0, 0.05) is 39.2 Å². The number of likely N-dealkylation sites (N-methyl/N-ethyl adjacent to an activating group) is 1. The number of aliphatic hydroxyl groups excluding tert-OH is 1. The highest BCUT2D eigenvalue weighted by Crippen LogP contribution is 2.58. The highest BCUT2D eigenvalue weighted by atomic mass is 16.8. The number of nitrogens with zero attached hydrogens (tertiary/aromatic N) is 2. The van der Waals surface area contributed by atoms with Crippen LogP contribution in [0.1, 0.15) is 141 Å². The molecule has 2 amide bonds. The van der Waals surface area contributed by atoms with E-state index in [0.717, 1.165) is 74.5 Å². The smallest absolute Gasteiger partial charge is 0.327 e. The number of fused-ring (bicyclic) bond motifs is 5. The van der Waals surface area contributed by atoms with Gasteiger partial charge in [0.25, 0.3) is 0 Å². The number of nitrogens with one attached hydrogen (secondary N) is 1. The monoisotopic (exact) mass is 942 g/mol. The molecule has 8 rings (SSSR count). The van der Waals surface area contributed by atoms with Gasteiger partial charge >= 0.3 is 11.9 Å². The van der Waals surface area contributed by atoms with Crippen LogP contribution in [0.15, 0.2) is 60.7 Å². The van der Waals surface area contributed by atoms with Crippen LogP contribution in [0.4, 0.5) is 0 Å². The number of hydrogen-bond acceptors (Lipinski definition) is 12. The van der Waals surface area contributed by atoms with Crippen LogP contribution >= 0.6 is 0 Å². The first-order chi connectivity index (χ1) is 32.7. The van der Waals surface area contributed by atoms with Gasteiger partial charge in [-0.1, -0.05) is 106 Å². The first-order valence-electron chi connectivity index (χ1n) is 25.5. The predicted octanol–water partition coefficient (Wildman–Crippen LogP) is 7.38. The van der Waals surface area contributed by atoms with Crippen LogP contribution in [-0.2, 0) is 60.7 Å². The molecule has 2 aliphatic carbocycles. The minimum absolute atomic E-state index is 0.0243. The number of carbonyl (C=O) groups is 4. The summed E-state index contributed by atoms with van der Waals surface area (Å²) < 4.78 is 31.7. The van der Waals surface area contributed by atoms with E-state index >= 15 is 4.79 Å². The van der Waals surface area contributed by atoms with Crippen molar-refractivity contribution in [1.29, 1.82) is 0 Å². The third-order valence-corrected chi connectivity index (χ3v) is 14.9. The number of ether oxygens (including phenoxy) is 5. The molecule has 2 aromatic carbocycles. The van der Waals surface area contributed by atoms with Crippen LogP contribution < -0.4 is 5.32 Å². The predicted molar refractivity (Wildman–Crippen MR) is 254 cm³/mol. The standard InChI is InChI=1S/C54H75N3O11/c1-7-9-14-28-53(29-15-10-8-2)66-45-43-32-54(51(62)56(6)40(30-36-16-12-11-13-17-36)49(60)55-39(34-58)25-27-44(59)65-52(3,4)5)47(50(61)64-43)57(68-48(54)46(45)67-53)33-38-22-19-35(20-23-38)18-21-37-24-26-41-42(31-37)63-41/h11-13,16-23,37,39-43,45-48,58H,7-10,14-15,24-34H2,1-6H3,(H,55,60)/t37?,39-,40+,41?,42?,43+,45-,46-,47+,48+,54+/m0/s1. The van der Waals surface area contributed by atoms with Gasteiger partial charge in [-0.2, -0.15) is 5.06 Å². The van der Waals surface area contributed by atoms with E-state index in [2.05, 4.69) is 43.4 Å². The zero-order chi connectivity index (χ0) is 48.2. The molecule has 2 bridgehead atoms. The van der Waals surface area contributed by atoms with Crippen molar-refractivity contribution < 1.29 is 52.8 Å². The molecule has 14 nitrogen and oxygen atoms in total. The van der Waals surface area contributed by atoms with Crippen molar-refractivity contribution in [3.8, 4) is 0 Å². The number of allylic oxidation sites excluding steroid dienone is 1. The second kappa shape index (κ2) is 21.4. The molecule has 2 N–H and O–H groups in total. The fourth-order valence-electron chi connectivity index (χ4n) is 11.4. The summed E-state index contributed by atoms with van der Waals surface area (Å²) in [5.41, 5.74) is 0.556. The van der Waals surface area contributed by atoms with Gasteiger partial charge in [0.1, 0.15) is 41.5 Å². The maximum absolute atomic E-state index is 15.9. The zero-order valence-electron chi connectivity index (χ0n) is 41.1. The lowest BCUT2D eigenvalue weighted by Gasteiger charge is -2.50. The summed E-state index contributed by atoms with van der Waals surface area (Å²) >= 11 is 0. The average Bonchev–Trinajstić information content (AvgIpc) is 3.87. The third kappa shape index (κ3) is 11.2. The first-order valence-corrected chi connectivity index (χ1v) is 25.5. The molecule has 0 spiro atoms. The SMILES string of the molecule is CCCCCC1(CCCCC)O[C@@H]2[C@H](O1)[C@H]1ON(Cc3ccc(C=CC4CCC5OC5C4)cc3)[C@@H]3C(=O)O[C@@H]2C[C@]13C(=O)N(C)[C@H](Cc1ccccc1)C(=O)N[C@H](CO)CCC(=O)OC(C)(C)C.